The van der Waals surface area contributed by atoms with Gasteiger partial charge in [0.05, 0.1) is 5.56 Å². The summed E-state index contributed by atoms with van der Waals surface area (Å²) in [6.07, 6.45) is 3.44. The van der Waals surface area contributed by atoms with E-state index < -0.39 is 0 Å². The average Bonchev–Trinajstić information content (AvgIpc) is 2.57. The van der Waals surface area contributed by atoms with E-state index in [9.17, 15) is 0 Å². The Morgan fingerprint density at radius 3 is 3.08 bits per heavy atom. The van der Waals surface area contributed by atoms with Crippen LogP contribution >= 0.6 is 11.6 Å². The Balaban J connectivity index is 2.39. The van der Waals surface area contributed by atoms with Crippen LogP contribution in [0.2, 0.25) is 5.15 Å². The number of halogens is 1. The highest BCUT2D eigenvalue weighted by atomic mass is 35.5. The largest absolute Gasteiger partial charge is 0.337 e. The fourth-order valence-corrected chi connectivity index (χ4v) is 1.18. The highest BCUT2D eigenvalue weighted by Gasteiger charge is 2.13. The van der Waals surface area contributed by atoms with E-state index in [2.05, 4.69) is 9.87 Å². The topological polar surface area (TPSA) is 31.4 Å². The monoisotopic (exact) mass is 183 g/mol. The fraction of sp³-hybridized carbons (Fsp3) is 0.125. The van der Waals surface area contributed by atoms with E-state index in [-0.39, 0.29) is 0 Å². The molecule has 3 nitrogen and oxygen atoms in total. The van der Waals surface area contributed by atoms with E-state index in [4.69, 9.17) is 16.5 Å². The molecule has 2 heterocycles. The zero-order chi connectivity index (χ0) is 8.39. The lowest BCUT2D eigenvalue weighted by Crippen LogP contribution is -1.87. The number of pyridine rings is 1. The molecule has 0 saturated carbocycles. The summed E-state index contributed by atoms with van der Waals surface area (Å²) in [6.45, 7) is 0.459. The van der Waals surface area contributed by atoms with Crippen LogP contribution in [0.15, 0.2) is 24.4 Å². The molecule has 4 heteroatoms. The second kappa shape index (κ2) is 3.13. The van der Waals surface area contributed by atoms with Crippen molar-refractivity contribution in [2.45, 2.75) is 0 Å². The van der Waals surface area contributed by atoms with Crippen molar-refractivity contribution in [3.05, 3.63) is 35.1 Å². The smallest absolute Gasteiger partial charge is 0.174 e. The normalized spacial score (nSPS) is 15.6. The molecule has 0 fully saturated rings. The highest BCUT2D eigenvalue weighted by Crippen LogP contribution is 2.25. The van der Waals surface area contributed by atoms with Crippen molar-refractivity contribution in [3.63, 3.8) is 0 Å². The van der Waals surface area contributed by atoms with E-state index in [0.29, 0.717) is 17.5 Å². The van der Waals surface area contributed by atoms with Gasteiger partial charge in [0.15, 0.2) is 5.76 Å². The molecule has 0 spiro atoms. The van der Waals surface area contributed by atoms with Gasteiger partial charge in [-0.3, -0.25) is 0 Å². The van der Waals surface area contributed by atoms with Crippen molar-refractivity contribution in [1.82, 2.24) is 4.98 Å². The maximum atomic E-state index is 5.82. The first-order chi connectivity index (χ1) is 5.88. The van der Waals surface area contributed by atoms with Gasteiger partial charge in [-0.2, -0.15) is 4.89 Å². The number of rotatable bonds is 1. The van der Waals surface area contributed by atoms with E-state index in [1.165, 1.54) is 0 Å². The van der Waals surface area contributed by atoms with Crippen LogP contribution in [0.25, 0.3) is 5.76 Å². The van der Waals surface area contributed by atoms with Gasteiger partial charge in [0, 0.05) is 6.20 Å². The molecule has 0 radical (unpaired) electrons. The molecule has 0 saturated heterocycles. The van der Waals surface area contributed by atoms with E-state index in [0.717, 1.165) is 5.56 Å². The number of hydrogen-bond acceptors (Lipinski definition) is 3. The quantitative estimate of drug-likeness (QED) is 0.493. The van der Waals surface area contributed by atoms with Gasteiger partial charge in [0.25, 0.3) is 0 Å². The standard InChI is InChI=1S/C8H6ClNO2/c9-8-6(2-1-4-10-8)7-3-5-11-12-7/h1-4H,5H2. The van der Waals surface area contributed by atoms with Gasteiger partial charge >= 0.3 is 0 Å². The van der Waals surface area contributed by atoms with Gasteiger partial charge in [0.2, 0.25) is 0 Å². The Hall–Kier alpha value is -1.06. The fourth-order valence-electron chi connectivity index (χ4n) is 0.966. The Kier molecular flexibility index (Phi) is 1.98. The molecular weight excluding hydrogens is 178 g/mol. The zero-order valence-corrected chi connectivity index (χ0v) is 6.91. The van der Waals surface area contributed by atoms with E-state index in [1.54, 1.807) is 12.3 Å². The Morgan fingerprint density at radius 1 is 1.50 bits per heavy atom. The van der Waals surface area contributed by atoms with Crippen molar-refractivity contribution in [2.24, 2.45) is 0 Å². The van der Waals surface area contributed by atoms with Crippen LogP contribution in [-0.4, -0.2) is 11.6 Å². The van der Waals surface area contributed by atoms with Crippen LogP contribution < -0.4 is 0 Å². The van der Waals surface area contributed by atoms with Crippen molar-refractivity contribution in [2.75, 3.05) is 6.61 Å². The Morgan fingerprint density at radius 2 is 2.42 bits per heavy atom. The summed E-state index contributed by atoms with van der Waals surface area (Å²) in [6, 6.07) is 3.62. The lowest BCUT2D eigenvalue weighted by Gasteiger charge is -2.01. The number of aromatic nitrogens is 1. The third-order valence-electron chi connectivity index (χ3n) is 1.51. The van der Waals surface area contributed by atoms with E-state index >= 15 is 0 Å². The van der Waals surface area contributed by atoms with Crippen molar-refractivity contribution in [1.29, 1.82) is 0 Å². The summed E-state index contributed by atoms with van der Waals surface area (Å²) in [5.74, 6) is 0.633. The molecule has 1 aliphatic rings. The zero-order valence-electron chi connectivity index (χ0n) is 6.16. The summed E-state index contributed by atoms with van der Waals surface area (Å²) in [5.41, 5.74) is 0.761. The van der Waals surface area contributed by atoms with Gasteiger partial charge in [-0.05, 0) is 18.2 Å². The maximum absolute atomic E-state index is 5.82. The van der Waals surface area contributed by atoms with Gasteiger partial charge in [-0.25, -0.2) is 4.98 Å². The summed E-state index contributed by atoms with van der Waals surface area (Å²) >= 11 is 5.82. The molecule has 0 bridgehead atoms. The lowest BCUT2D eigenvalue weighted by atomic mass is 10.2. The highest BCUT2D eigenvalue weighted by molar-refractivity contribution is 6.31. The summed E-state index contributed by atoms with van der Waals surface area (Å²) in [4.78, 5) is 13.5. The van der Waals surface area contributed by atoms with Crippen LogP contribution in [-0.2, 0) is 9.78 Å². The minimum Gasteiger partial charge on any atom is -0.337 e. The van der Waals surface area contributed by atoms with Crippen LogP contribution in [0.1, 0.15) is 5.56 Å². The molecule has 1 aromatic rings. The molecule has 62 valence electrons. The molecule has 0 aliphatic carbocycles. The molecule has 1 aromatic heterocycles. The first-order valence-electron chi connectivity index (χ1n) is 3.48. The van der Waals surface area contributed by atoms with Crippen LogP contribution in [0.4, 0.5) is 0 Å². The molecule has 0 unspecified atom stereocenters. The number of hydrogen-bond donors (Lipinski definition) is 0. The molecule has 2 rings (SSSR count). The summed E-state index contributed by atoms with van der Waals surface area (Å²) < 4.78 is 0. The average molecular weight is 184 g/mol. The minimum atomic E-state index is 0.425. The minimum absolute atomic E-state index is 0.425. The summed E-state index contributed by atoms with van der Waals surface area (Å²) in [5, 5.41) is 0.425. The van der Waals surface area contributed by atoms with E-state index in [1.807, 2.05) is 12.1 Å². The molecule has 0 amide bonds. The van der Waals surface area contributed by atoms with Crippen LogP contribution in [0.3, 0.4) is 0 Å². The lowest BCUT2D eigenvalue weighted by molar-refractivity contribution is -0.208. The van der Waals surface area contributed by atoms with Crippen molar-refractivity contribution in [3.8, 4) is 0 Å². The first-order valence-corrected chi connectivity index (χ1v) is 3.86. The third-order valence-corrected chi connectivity index (χ3v) is 1.81. The molecule has 0 N–H and O–H groups in total. The van der Waals surface area contributed by atoms with Crippen LogP contribution in [0.5, 0.6) is 0 Å². The van der Waals surface area contributed by atoms with Gasteiger partial charge in [0.1, 0.15) is 11.8 Å². The van der Waals surface area contributed by atoms with Gasteiger partial charge in [-0.15, -0.1) is 0 Å². The first kappa shape index (κ1) is 7.58. The predicted octanol–water partition coefficient (Wildman–Crippen LogP) is 2.04. The molecule has 0 atom stereocenters. The molecule has 0 aromatic carbocycles. The number of nitrogens with zero attached hydrogens (tertiary/aromatic N) is 1. The van der Waals surface area contributed by atoms with Gasteiger partial charge in [-0.1, -0.05) is 11.6 Å². The Bertz CT molecular complexity index is 325. The van der Waals surface area contributed by atoms with Crippen molar-refractivity contribution >= 4 is 17.4 Å². The second-order valence-corrected chi connectivity index (χ2v) is 2.64. The molecule has 1 aliphatic heterocycles. The molecular formula is C8H6ClNO2. The second-order valence-electron chi connectivity index (χ2n) is 2.28. The maximum Gasteiger partial charge on any atom is 0.174 e. The summed E-state index contributed by atoms with van der Waals surface area (Å²) in [7, 11) is 0. The SMILES string of the molecule is Clc1ncccc1C1=CCOO1. The van der Waals surface area contributed by atoms with Crippen LogP contribution in [0, 0.1) is 0 Å². The van der Waals surface area contributed by atoms with Crippen molar-refractivity contribution < 1.29 is 9.78 Å². The predicted molar refractivity (Wildman–Crippen MR) is 44.3 cm³/mol. The van der Waals surface area contributed by atoms with Gasteiger partial charge < -0.3 is 4.89 Å². The third kappa shape index (κ3) is 1.29. The molecule has 12 heavy (non-hydrogen) atoms. The Labute approximate surface area is 74.5 Å².